The monoisotopic (exact) mass is 485 g/mol. The van der Waals surface area contributed by atoms with E-state index in [4.69, 9.17) is 9.47 Å². The van der Waals surface area contributed by atoms with E-state index in [0.717, 1.165) is 17.1 Å². The predicted octanol–water partition coefficient (Wildman–Crippen LogP) is 2.66. The first-order chi connectivity index (χ1) is 16.3. The molecule has 1 amide bonds. The van der Waals surface area contributed by atoms with Crippen molar-refractivity contribution >= 4 is 32.5 Å². The molecular formula is C24H27N3O6S. The Bertz CT molecular complexity index is 1350. The number of pyridine rings is 1. The molecule has 0 spiro atoms. The third-order valence-electron chi connectivity index (χ3n) is 5.78. The van der Waals surface area contributed by atoms with Gasteiger partial charge in [0.2, 0.25) is 5.43 Å². The zero-order valence-corrected chi connectivity index (χ0v) is 19.9. The maximum Gasteiger partial charge on any atom is 0.264 e. The van der Waals surface area contributed by atoms with Crippen LogP contribution < -0.4 is 19.8 Å². The lowest BCUT2D eigenvalue weighted by molar-refractivity contribution is 0.0857. The van der Waals surface area contributed by atoms with Crippen molar-refractivity contribution in [1.82, 2.24) is 10.3 Å². The normalized spacial score (nSPS) is 15.9. The number of aromatic nitrogens is 1. The van der Waals surface area contributed by atoms with Crippen LogP contribution in [0.4, 0.5) is 5.69 Å². The first-order valence-electron chi connectivity index (χ1n) is 11.1. The van der Waals surface area contributed by atoms with Crippen LogP contribution in [0.2, 0.25) is 0 Å². The smallest absolute Gasteiger partial charge is 0.264 e. The largest absolute Gasteiger partial charge is 0.494 e. The number of hydrogen-bond acceptors (Lipinski definition) is 6. The number of sulfonamides is 1. The number of anilines is 1. The van der Waals surface area contributed by atoms with Crippen LogP contribution in [0.25, 0.3) is 10.9 Å². The molecule has 2 heterocycles. The van der Waals surface area contributed by atoms with E-state index in [1.54, 1.807) is 24.3 Å². The van der Waals surface area contributed by atoms with Gasteiger partial charge >= 0.3 is 0 Å². The summed E-state index contributed by atoms with van der Waals surface area (Å²) in [5.74, 6) is 0.109. The standard InChI is InChI=1S/C24H27N3O6S/c1-3-32-17-8-6-16(7-9-17)27(2)34(30,31)19-10-11-22-20(13-19)23(28)21(15-25-22)24(29)26-14-18-5-4-12-33-18/h6-11,13,15,18H,3-5,12,14H2,1-2H3,(H,25,28)(H,26,29)/t18-/m0/s1. The summed E-state index contributed by atoms with van der Waals surface area (Å²) in [6.45, 7) is 3.36. The van der Waals surface area contributed by atoms with Crippen LogP contribution in [-0.4, -0.2) is 52.2 Å². The van der Waals surface area contributed by atoms with Crippen molar-refractivity contribution in [3.8, 4) is 5.75 Å². The minimum atomic E-state index is -3.96. The number of ether oxygens (including phenoxy) is 2. The summed E-state index contributed by atoms with van der Waals surface area (Å²) in [4.78, 5) is 28.5. The van der Waals surface area contributed by atoms with Crippen LogP contribution in [0.1, 0.15) is 30.1 Å². The number of carbonyl (C=O) groups excluding carboxylic acids is 1. The SMILES string of the molecule is CCOc1ccc(N(C)S(=O)(=O)c2ccc3[nH]cc(C(=O)NC[C@@H]4CCCO4)c(=O)c3c2)cc1. The van der Waals surface area contributed by atoms with E-state index >= 15 is 0 Å². The van der Waals surface area contributed by atoms with Crippen LogP contribution in [0.5, 0.6) is 5.75 Å². The minimum Gasteiger partial charge on any atom is -0.494 e. The number of aromatic amines is 1. The van der Waals surface area contributed by atoms with Gasteiger partial charge in [-0.1, -0.05) is 0 Å². The van der Waals surface area contributed by atoms with Crippen molar-refractivity contribution in [1.29, 1.82) is 0 Å². The number of benzene rings is 2. The average Bonchev–Trinajstić information content (AvgIpc) is 3.36. The van der Waals surface area contributed by atoms with E-state index in [9.17, 15) is 18.0 Å². The van der Waals surface area contributed by atoms with Gasteiger partial charge in [-0.25, -0.2) is 8.42 Å². The fourth-order valence-electron chi connectivity index (χ4n) is 3.85. The fraction of sp³-hybridized carbons (Fsp3) is 0.333. The lowest BCUT2D eigenvalue weighted by Gasteiger charge is -2.20. The summed E-state index contributed by atoms with van der Waals surface area (Å²) in [6.07, 6.45) is 3.09. The van der Waals surface area contributed by atoms with Crippen LogP contribution in [0, 0.1) is 0 Å². The molecule has 180 valence electrons. The van der Waals surface area contributed by atoms with E-state index < -0.39 is 21.4 Å². The van der Waals surface area contributed by atoms with E-state index in [1.165, 1.54) is 31.4 Å². The van der Waals surface area contributed by atoms with Gasteiger partial charge in [0.1, 0.15) is 11.3 Å². The first kappa shape index (κ1) is 23.8. The summed E-state index contributed by atoms with van der Waals surface area (Å²) in [7, 11) is -2.52. The molecule has 0 saturated carbocycles. The molecule has 1 aliphatic heterocycles. The van der Waals surface area contributed by atoms with Gasteiger partial charge in [0, 0.05) is 37.3 Å². The van der Waals surface area contributed by atoms with E-state index in [2.05, 4.69) is 10.3 Å². The maximum atomic E-state index is 13.3. The number of rotatable bonds is 8. The summed E-state index contributed by atoms with van der Waals surface area (Å²) in [5, 5.41) is 2.84. The molecule has 3 aromatic rings. The van der Waals surface area contributed by atoms with Crippen LogP contribution >= 0.6 is 0 Å². The molecule has 1 fully saturated rings. The van der Waals surface area contributed by atoms with Crippen molar-refractivity contribution in [2.75, 3.05) is 31.1 Å². The molecule has 0 bridgehead atoms. The Balaban J connectivity index is 1.61. The highest BCUT2D eigenvalue weighted by atomic mass is 32.2. The van der Waals surface area contributed by atoms with Crippen LogP contribution in [0.3, 0.4) is 0 Å². The van der Waals surface area contributed by atoms with Crippen molar-refractivity contribution in [2.45, 2.75) is 30.8 Å². The van der Waals surface area contributed by atoms with E-state index in [-0.39, 0.29) is 21.9 Å². The highest BCUT2D eigenvalue weighted by Gasteiger charge is 2.23. The molecule has 4 rings (SSSR count). The van der Waals surface area contributed by atoms with Crippen molar-refractivity contribution in [3.63, 3.8) is 0 Å². The van der Waals surface area contributed by atoms with Crippen LogP contribution in [-0.2, 0) is 14.8 Å². The number of amides is 1. The summed E-state index contributed by atoms with van der Waals surface area (Å²) in [5.41, 5.74) is 0.252. The number of hydrogen-bond donors (Lipinski definition) is 2. The van der Waals surface area contributed by atoms with E-state index in [0.29, 0.717) is 36.7 Å². The predicted molar refractivity (Wildman–Crippen MR) is 129 cm³/mol. The molecule has 0 unspecified atom stereocenters. The zero-order chi connectivity index (χ0) is 24.3. The average molecular weight is 486 g/mol. The van der Waals surface area contributed by atoms with Gasteiger partial charge in [-0.2, -0.15) is 0 Å². The lowest BCUT2D eigenvalue weighted by atomic mass is 10.1. The van der Waals surface area contributed by atoms with E-state index in [1.807, 2.05) is 6.92 Å². The molecule has 1 atom stereocenters. The third-order valence-corrected chi connectivity index (χ3v) is 7.56. The molecule has 2 N–H and O–H groups in total. The second-order valence-electron chi connectivity index (χ2n) is 7.98. The molecule has 0 aliphatic carbocycles. The molecule has 1 aliphatic rings. The van der Waals surface area contributed by atoms with Gasteiger partial charge in [0.15, 0.2) is 0 Å². The summed E-state index contributed by atoms with van der Waals surface area (Å²) >= 11 is 0. The second-order valence-corrected chi connectivity index (χ2v) is 9.95. The Kier molecular flexibility index (Phi) is 6.90. The Morgan fingerprint density at radius 2 is 2.00 bits per heavy atom. The topological polar surface area (TPSA) is 118 Å². The molecule has 9 nitrogen and oxygen atoms in total. The van der Waals surface area contributed by atoms with Gasteiger partial charge in [0.25, 0.3) is 15.9 Å². The van der Waals surface area contributed by atoms with Gasteiger partial charge in [-0.3, -0.25) is 13.9 Å². The zero-order valence-electron chi connectivity index (χ0n) is 19.0. The minimum absolute atomic E-state index is 0.0567. The highest BCUT2D eigenvalue weighted by molar-refractivity contribution is 7.92. The highest BCUT2D eigenvalue weighted by Crippen LogP contribution is 2.25. The second kappa shape index (κ2) is 9.86. The Labute approximate surface area is 197 Å². The first-order valence-corrected chi connectivity index (χ1v) is 12.5. The number of fused-ring (bicyclic) bond motifs is 1. The molecular weight excluding hydrogens is 458 g/mol. The Morgan fingerprint density at radius 1 is 1.24 bits per heavy atom. The lowest BCUT2D eigenvalue weighted by Crippen LogP contribution is -2.34. The molecule has 1 aromatic heterocycles. The maximum absolute atomic E-state index is 13.3. The van der Waals surface area contributed by atoms with Crippen molar-refractivity contribution in [3.05, 3.63) is 64.4 Å². The number of H-pyrrole nitrogens is 1. The Hall–Kier alpha value is -3.37. The number of nitrogens with one attached hydrogen (secondary N) is 2. The number of nitrogens with zero attached hydrogens (tertiary/aromatic N) is 1. The molecule has 1 saturated heterocycles. The summed E-state index contributed by atoms with van der Waals surface area (Å²) < 4.78 is 38.5. The molecule has 0 radical (unpaired) electrons. The molecule has 10 heteroatoms. The van der Waals surface area contributed by atoms with Gasteiger partial charge in [-0.05, 0) is 62.2 Å². The van der Waals surface area contributed by atoms with Crippen molar-refractivity contribution in [2.24, 2.45) is 0 Å². The van der Waals surface area contributed by atoms with Gasteiger partial charge < -0.3 is 19.8 Å². The van der Waals surface area contributed by atoms with Gasteiger partial charge in [-0.15, -0.1) is 0 Å². The van der Waals surface area contributed by atoms with Gasteiger partial charge in [0.05, 0.1) is 23.3 Å². The Morgan fingerprint density at radius 3 is 2.68 bits per heavy atom. The number of carbonyl (C=O) groups is 1. The third kappa shape index (κ3) is 4.78. The molecule has 2 aromatic carbocycles. The van der Waals surface area contributed by atoms with Crippen LogP contribution in [0.15, 0.2) is 58.4 Å². The van der Waals surface area contributed by atoms with Crippen molar-refractivity contribution < 1.29 is 22.7 Å². The quantitative estimate of drug-likeness (QED) is 0.507. The fourth-order valence-corrected chi connectivity index (χ4v) is 5.07. The molecule has 34 heavy (non-hydrogen) atoms. The summed E-state index contributed by atoms with van der Waals surface area (Å²) in [6, 6.07) is 10.9.